The van der Waals surface area contributed by atoms with E-state index in [1.54, 1.807) is 33.5 Å². The molecule has 0 bridgehead atoms. The number of amides is 2. The van der Waals surface area contributed by atoms with E-state index in [0.29, 0.717) is 63.4 Å². The van der Waals surface area contributed by atoms with Gasteiger partial charge in [0, 0.05) is 32.2 Å². The number of ether oxygens (including phenoxy) is 1. The number of fused-ring (bicyclic) bond motifs is 1. The molecule has 8 nitrogen and oxygen atoms in total. The molecule has 0 saturated carbocycles. The summed E-state index contributed by atoms with van der Waals surface area (Å²) in [6.45, 7) is 4.22. The Balaban J connectivity index is 1.41. The van der Waals surface area contributed by atoms with Crippen molar-refractivity contribution in [3.05, 3.63) is 53.1 Å². The van der Waals surface area contributed by atoms with Gasteiger partial charge in [0.2, 0.25) is 0 Å². The van der Waals surface area contributed by atoms with E-state index >= 15 is 0 Å². The summed E-state index contributed by atoms with van der Waals surface area (Å²) in [4.78, 5) is 41.0. The number of aromatic nitrogens is 2. The van der Waals surface area contributed by atoms with Gasteiger partial charge >= 0.3 is 5.97 Å². The molecule has 2 aromatic rings. The normalized spacial score (nSPS) is 16.9. The van der Waals surface area contributed by atoms with E-state index in [0.717, 1.165) is 0 Å². The molecule has 2 amide bonds. The molecule has 1 aromatic heterocycles. The first kappa shape index (κ1) is 21.0. The van der Waals surface area contributed by atoms with Gasteiger partial charge in [-0.3, -0.25) is 19.1 Å². The summed E-state index contributed by atoms with van der Waals surface area (Å²) in [5.74, 6) is -1.21. The van der Waals surface area contributed by atoms with Gasteiger partial charge in [0.05, 0.1) is 19.1 Å². The quantitative estimate of drug-likeness (QED) is 0.681. The molecule has 0 unspecified atom stereocenters. The van der Waals surface area contributed by atoms with Crippen molar-refractivity contribution in [2.24, 2.45) is 5.92 Å². The Hall–Kier alpha value is -3.23. The highest BCUT2D eigenvalue weighted by molar-refractivity contribution is 5.98. The van der Waals surface area contributed by atoms with Crippen molar-refractivity contribution in [1.29, 1.82) is 0 Å². The predicted molar refractivity (Wildman–Crippen MR) is 109 cm³/mol. The van der Waals surface area contributed by atoms with Crippen LogP contribution in [0.5, 0.6) is 0 Å². The molecule has 2 aliphatic heterocycles. The molecule has 1 aromatic carbocycles. The lowest BCUT2D eigenvalue weighted by Crippen LogP contribution is -2.41. The fraction of sp³-hybridized carbons (Fsp3) is 0.455. The Kier molecular flexibility index (Phi) is 6.01. The molecule has 31 heavy (non-hydrogen) atoms. The molecule has 0 N–H and O–H groups in total. The summed E-state index contributed by atoms with van der Waals surface area (Å²) in [6.07, 6.45) is 1.11. The number of rotatable bonds is 5. The van der Waals surface area contributed by atoms with E-state index in [4.69, 9.17) is 4.74 Å². The Bertz CT molecular complexity index is 997. The molecule has 0 spiro atoms. The van der Waals surface area contributed by atoms with Crippen LogP contribution in [0.1, 0.15) is 46.3 Å². The monoisotopic (exact) mass is 428 g/mol. The number of nitrogens with zero attached hydrogens (tertiary/aromatic N) is 4. The van der Waals surface area contributed by atoms with Crippen LogP contribution in [-0.2, 0) is 22.6 Å². The van der Waals surface area contributed by atoms with Gasteiger partial charge in [-0.15, -0.1) is 0 Å². The van der Waals surface area contributed by atoms with Crippen LogP contribution >= 0.6 is 0 Å². The number of hydrogen-bond acceptors (Lipinski definition) is 5. The van der Waals surface area contributed by atoms with Crippen LogP contribution in [0.25, 0.3) is 0 Å². The first-order valence-electron chi connectivity index (χ1n) is 10.5. The zero-order valence-electron chi connectivity index (χ0n) is 17.4. The molecule has 4 rings (SSSR count). The summed E-state index contributed by atoms with van der Waals surface area (Å²) in [6, 6.07) is 7.69. The molecule has 0 radical (unpaired) electrons. The van der Waals surface area contributed by atoms with Crippen LogP contribution in [0, 0.1) is 11.7 Å². The van der Waals surface area contributed by atoms with Crippen LogP contribution in [0.2, 0.25) is 0 Å². The second-order valence-electron chi connectivity index (χ2n) is 7.81. The molecule has 1 fully saturated rings. The molecule has 1 saturated heterocycles. The number of halogens is 1. The van der Waals surface area contributed by atoms with Gasteiger partial charge in [0.25, 0.3) is 11.8 Å². The lowest BCUT2D eigenvalue weighted by Gasteiger charge is -2.30. The molecular formula is C22H25FN4O4. The third-order valence-electron chi connectivity index (χ3n) is 5.75. The largest absolute Gasteiger partial charge is 0.466 e. The van der Waals surface area contributed by atoms with E-state index in [1.807, 2.05) is 0 Å². The molecule has 164 valence electrons. The average Bonchev–Trinajstić information content (AvgIpc) is 3.21. The zero-order valence-corrected chi connectivity index (χ0v) is 17.4. The average molecular weight is 428 g/mol. The van der Waals surface area contributed by atoms with Gasteiger partial charge in [-0.2, -0.15) is 5.10 Å². The second kappa shape index (κ2) is 8.87. The molecule has 0 aliphatic carbocycles. The number of benzene rings is 1. The number of esters is 1. The van der Waals surface area contributed by atoms with Crippen molar-refractivity contribution < 1.29 is 23.5 Å². The second-order valence-corrected chi connectivity index (χ2v) is 7.81. The highest BCUT2D eigenvalue weighted by Gasteiger charge is 2.32. The third kappa shape index (κ3) is 4.45. The van der Waals surface area contributed by atoms with Crippen LogP contribution < -0.4 is 0 Å². The van der Waals surface area contributed by atoms with Crippen LogP contribution in [-0.4, -0.2) is 63.6 Å². The number of likely N-dealkylation sites (tertiary alicyclic amines) is 1. The first-order chi connectivity index (χ1) is 15.0. The first-order valence-corrected chi connectivity index (χ1v) is 10.5. The summed E-state index contributed by atoms with van der Waals surface area (Å²) < 4.78 is 20.1. The topological polar surface area (TPSA) is 84.7 Å². The van der Waals surface area contributed by atoms with Crippen LogP contribution in [0.4, 0.5) is 4.39 Å². The van der Waals surface area contributed by atoms with Crippen molar-refractivity contribution in [3.63, 3.8) is 0 Å². The predicted octanol–water partition coefficient (Wildman–Crippen LogP) is 2.09. The standard InChI is InChI=1S/C22H25FN4O4/c1-2-31-22(30)16-6-8-25(9-7-16)20(28)18-13-19-21(29)26(10-11-27(19)24-18)14-15-4-3-5-17(23)12-15/h3-5,12-13,16H,2,6-11,14H2,1H3. The summed E-state index contributed by atoms with van der Waals surface area (Å²) in [5, 5.41) is 4.34. The maximum Gasteiger partial charge on any atom is 0.309 e. The van der Waals surface area contributed by atoms with Crippen molar-refractivity contribution >= 4 is 17.8 Å². The van der Waals surface area contributed by atoms with Crippen molar-refractivity contribution in [3.8, 4) is 0 Å². The van der Waals surface area contributed by atoms with Crippen LogP contribution in [0.15, 0.2) is 30.3 Å². The maximum atomic E-state index is 13.4. The highest BCUT2D eigenvalue weighted by atomic mass is 19.1. The Morgan fingerprint density at radius 3 is 2.65 bits per heavy atom. The minimum absolute atomic E-state index is 0.183. The molecule has 9 heteroatoms. The molecule has 0 atom stereocenters. The number of piperidine rings is 1. The Labute approximate surface area is 179 Å². The maximum absolute atomic E-state index is 13.4. The fourth-order valence-corrected chi connectivity index (χ4v) is 4.09. The van der Waals surface area contributed by atoms with Gasteiger partial charge in [-0.05, 0) is 37.5 Å². The van der Waals surface area contributed by atoms with Gasteiger partial charge in [-0.25, -0.2) is 4.39 Å². The van der Waals surface area contributed by atoms with Gasteiger partial charge in [-0.1, -0.05) is 12.1 Å². The number of carbonyl (C=O) groups is 3. The summed E-state index contributed by atoms with van der Waals surface area (Å²) in [7, 11) is 0. The lowest BCUT2D eigenvalue weighted by molar-refractivity contribution is -0.149. The number of carbonyl (C=O) groups excluding carboxylic acids is 3. The van der Waals surface area contributed by atoms with Gasteiger partial charge < -0.3 is 14.5 Å². The van der Waals surface area contributed by atoms with E-state index < -0.39 is 0 Å². The fourth-order valence-electron chi connectivity index (χ4n) is 4.09. The Morgan fingerprint density at radius 1 is 1.16 bits per heavy atom. The van der Waals surface area contributed by atoms with Crippen molar-refractivity contribution in [1.82, 2.24) is 19.6 Å². The molecular weight excluding hydrogens is 403 g/mol. The van der Waals surface area contributed by atoms with Gasteiger partial charge in [0.15, 0.2) is 5.69 Å². The van der Waals surface area contributed by atoms with E-state index in [2.05, 4.69) is 5.10 Å². The smallest absolute Gasteiger partial charge is 0.309 e. The zero-order chi connectivity index (χ0) is 22.0. The SMILES string of the molecule is CCOC(=O)C1CCN(C(=O)c2cc3n(n2)CCN(Cc2cccc(F)c2)C3=O)CC1. The van der Waals surface area contributed by atoms with Crippen LogP contribution in [0.3, 0.4) is 0 Å². The lowest BCUT2D eigenvalue weighted by atomic mass is 9.97. The Morgan fingerprint density at radius 2 is 1.94 bits per heavy atom. The third-order valence-corrected chi connectivity index (χ3v) is 5.75. The summed E-state index contributed by atoms with van der Waals surface area (Å²) >= 11 is 0. The molecule has 2 aliphatic rings. The minimum Gasteiger partial charge on any atom is -0.466 e. The summed E-state index contributed by atoms with van der Waals surface area (Å²) in [5.41, 5.74) is 1.29. The van der Waals surface area contributed by atoms with Crippen molar-refractivity contribution in [2.75, 3.05) is 26.2 Å². The van der Waals surface area contributed by atoms with E-state index in [-0.39, 0.29) is 35.2 Å². The highest BCUT2D eigenvalue weighted by Crippen LogP contribution is 2.22. The van der Waals surface area contributed by atoms with E-state index in [9.17, 15) is 18.8 Å². The minimum atomic E-state index is -0.341. The number of hydrogen-bond donors (Lipinski definition) is 0. The van der Waals surface area contributed by atoms with Crippen molar-refractivity contribution in [2.45, 2.75) is 32.9 Å². The molecule has 3 heterocycles. The van der Waals surface area contributed by atoms with Gasteiger partial charge in [0.1, 0.15) is 11.5 Å². The van der Waals surface area contributed by atoms with E-state index in [1.165, 1.54) is 18.2 Å².